The standard InChI is InChI=1S/C16H25N3O/c1-16(2,3)18-11-9-15(20)19(14-7-8-14)12-13-6-4-5-10-17-13/h4-6,10,14,18H,7-9,11-12H2,1-3H3. The molecule has 4 heteroatoms. The van der Waals surface area contributed by atoms with Gasteiger partial charge in [0.25, 0.3) is 0 Å². The van der Waals surface area contributed by atoms with Crippen molar-refractivity contribution in [2.45, 2.75) is 58.2 Å². The van der Waals surface area contributed by atoms with Crippen molar-refractivity contribution in [3.05, 3.63) is 30.1 Å². The summed E-state index contributed by atoms with van der Waals surface area (Å²) in [5.74, 6) is 0.231. The molecule has 0 aliphatic heterocycles. The van der Waals surface area contributed by atoms with Crippen LogP contribution < -0.4 is 5.32 Å². The Morgan fingerprint density at radius 3 is 2.70 bits per heavy atom. The third-order valence-electron chi connectivity index (χ3n) is 3.36. The number of hydrogen-bond acceptors (Lipinski definition) is 3. The SMILES string of the molecule is CC(C)(C)NCCC(=O)N(Cc1ccccn1)C1CC1. The zero-order valence-corrected chi connectivity index (χ0v) is 12.7. The van der Waals surface area contributed by atoms with E-state index in [1.807, 2.05) is 23.1 Å². The third kappa shape index (κ3) is 4.93. The average Bonchev–Trinajstić information content (AvgIpc) is 3.19. The van der Waals surface area contributed by atoms with E-state index in [1.54, 1.807) is 6.20 Å². The molecule has 1 aromatic rings. The maximum atomic E-state index is 12.4. The van der Waals surface area contributed by atoms with E-state index in [9.17, 15) is 4.79 Å². The molecule has 1 saturated carbocycles. The highest BCUT2D eigenvalue weighted by Crippen LogP contribution is 2.28. The topological polar surface area (TPSA) is 45.2 Å². The quantitative estimate of drug-likeness (QED) is 0.867. The summed E-state index contributed by atoms with van der Waals surface area (Å²) in [5, 5.41) is 3.37. The molecule has 20 heavy (non-hydrogen) atoms. The van der Waals surface area contributed by atoms with Crippen molar-refractivity contribution in [1.29, 1.82) is 0 Å². The molecule has 1 aliphatic rings. The molecule has 2 rings (SSSR count). The first-order valence-electron chi connectivity index (χ1n) is 7.40. The van der Waals surface area contributed by atoms with Gasteiger partial charge in [0.1, 0.15) is 0 Å². The van der Waals surface area contributed by atoms with Gasteiger partial charge >= 0.3 is 0 Å². The fourth-order valence-electron chi connectivity index (χ4n) is 2.16. The van der Waals surface area contributed by atoms with Crippen LogP contribution in [-0.2, 0) is 11.3 Å². The van der Waals surface area contributed by atoms with Crippen molar-refractivity contribution >= 4 is 5.91 Å². The number of hydrogen-bond donors (Lipinski definition) is 1. The van der Waals surface area contributed by atoms with Gasteiger partial charge < -0.3 is 10.2 Å². The summed E-state index contributed by atoms with van der Waals surface area (Å²) >= 11 is 0. The Morgan fingerprint density at radius 1 is 1.40 bits per heavy atom. The van der Waals surface area contributed by atoms with Gasteiger partial charge in [-0.05, 0) is 45.7 Å². The normalized spacial score (nSPS) is 15.2. The van der Waals surface area contributed by atoms with Crippen LogP contribution in [0.5, 0.6) is 0 Å². The molecule has 0 atom stereocenters. The van der Waals surface area contributed by atoms with Crippen molar-refractivity contribution < 1.29 is 4.79 Å². The Balaban J connectivity index is 1.87. The van der Waals surface area contributed by atoms with E-state index in [2.05, 4.69) is 31.1 Å². The van der Waals surface area contributed by atoms with Crippen LogP contribution in [0.4, 0.5) is 0 Å². The minimum atomic E-state index is 0.0612. The second-order valence-corrected chi connectivity index (χ2v) is 6.50. The Morgan fingerprint density at radius 2 is 2.15 bits per heavy atom. The number of aromatic nitrogens is 1. The molecule has 0 unspecified atom stereocenters. The molecular formula is C16H25N3O. The van der Waals surface area contributed by atoms with Crippen LogP contribution >= 0.6 is 0 Å². The van der Waals surface area contributed by atoms with Crippen molar-refractivity contribution in [2.75, 3.05) is 6.54 Å². The first-order chi connectivity index (χ1) is 9.46. The van der Waals surface area contributed by atoms with E-state index in [-0.39, 0.29) is 11.4 Å². The number of nitrogens with one attached hydrogen (secondary N) is 1. The highest BCUT2D eigenvalue weighted by molar-refractivity contribution is 5.77. The highest BCUT2D eigenvalue weighted by atomic mass is 16.2. The summed E-state index contributed by atoms with van der Waals surface area (Å²) < 4.78 is 0. The van der Waals surface area contributed by atoms with E-state index < -0.39 is 0 Å². The number of carbonyl (C=O) groups is 1. The molecule has 1 aliphatic carbocycles. The molecule has 0 radical (unpaired) electrons. The monoisotopic (exact) mass is 275 g/mol. The zero-order chi connectivity index (χ0) is 14.6. The van der Waals surface area contributed by atoms with Crippen LogP contribution in [0.2, 0.25) is 0 Å². The molecule has 1 amide bonds. The number of nitrogens with zero attached hydrogens (tertiary/aromatic N) is 2. The molecule has 0 aromatic carbocycles. The molecule has 0 spiro atoms. The maximum absolute atomic E-state index is 12.4. The number of rotatable bonds is 6. The van der Waals surface area contributed by atoms with Crippen LogP contribution in [0.3, 0.4) is 0 Å². The van der Waals surface area contributed by atoms with Gasteiger partial charge in [-0.1, -0.05) is 6.07 Å². The summed E-state index contributed by atoms with van der Waals surface area (Å²) in [6.07, 6.45) is 4.60. The van der Waals surface area contributed by atoms with Crippen LogP contribution in [0.25, 0.3) is 0 Å². The van der Waals surface area contributed by atoms with Gasteiger partial charge in [-0.3, -0.25) is 9.78 Å². The zero-order valence-electron chi connectivity index (χ0n) is 12.7. The van der Waals surface area contributed by atoms with E-state index in [0.717, 1.165) is 25.1 Å². The minimum Gasteiger partial charge on any atom is -0.334 e. The lowest BCUT2D eigenvalue weighted by Crippen LogP contribution is -2.40. The molecule has 4 nitrogen and oxygen atoms in total. The Kier molecular flexibility index (Phi) is 4.76. The number of carbonyl (C=O) groups excluding carboxylic acids is 1. The second kappa shape index (κ2) is 6.35. The third-order valence-corrected chi connectivity index (χ3v) is 3.36. The lowest BCUT2D eigenvalue weighted by atomic mass is 10.1. The van der Waals surface area contributed by atoms with Crippen molar-refractivity contribution in [2.24, 2.45) is 0 Å². The van der Waals surface area contributed by atoms with Gasteiger partial charge in [0, 0.05) is 30.7 Å². The maximum Gasteiger partial charge on any atom is 0.224 e. The van der Waals surface area contributed by atoms with Gasteiger partial charge in [0.15, 0.2) is 0 Å². The fraction of sp³-hybridized carbons (Fsp3) is 0.625. The Hall–Kier alpha value is -1.42. The van der Waals surface area contributed by atoms with E-state index >= 15 is 0 Å². The first kappa shape index (κ1) is 15.0. The molecule has 110 valence electrons. The van der Waals surface area contributed by atoms with Gasteiger partial charge in [-0.15, -0.1) is 0 Å². The number of amides is 1. The van der Waals surface area contributed by atoms with E-state index in [1.165, 1.54) is 0 Å². The lowest BCUT2D eigenvalue weighted by molar-refractivity contribution is -0.132. The van der Waals surface area contributed by atoms with Crippen molar-refractivity contribution in [3.8, 4) is 0 Å². The predicted octanol–water partition coefficient (Wildman–Crippen LogP) is 2.35. The molecule has 1 aromatic heterocycles. The first-order valence-corrected chi connectivity index (χ1v) is 7.40. The lowest BCUT2D eigenvalue weighted by Gasteiger charge is -2.24. The molecule has 0 saturated heterocycles. The molecule has 1 N–H and O–H groups in total. The average molecular weight is 275 g/mol. The molecule has 1 fully saturated rings. The van der Waals surface area contributed by atoms with Crippen molar-refractivity contribution in [3.63, 3.8) is 0 Å². The second-order valence-electron chi connectivity index (χ2n) is 6.50. The summed E-state index contributed by atoms with van der Waals surface area (Å²) in [7, 11) is 0. The van der Waals surface area contributed by atoms with Gasteiger partial charge in [0.2, 0.25) is 5.91 Å². The summed E-state index contributed by atoms with van der Waals surface area (Å²) in [5.41, 5.74) is 1.03. The van der Waals surface area contributed by atoms with Crippen molar-refractivity contribution in [1.82, 2.24) is 15.2 Å². The summed E-state index contributed by atoms with van der Waals surface area (Å²) in [6.45, 7) is 7.71. The molecular weight excluding hydrogens is 250 g/mol. The predicted molar refractivity (Wildman–Crippen MR) is 80.2 cm³/mol. The van der Waals surface area contributed by atoms with Gasteiger partial charge in [-0.2, -0.15) is 0 Å². The Labute approximate surface area is 121 Å². The Bertz CT molecular complexity index is 435. The van der Waals surface area contributed by atoms with Gasteiger partial charge in [0.05, 0.1) is 12.2 Å². The smallest absolute Gasteiger partial charge is 0.224 e. The molecule has 0 bridgehead atoms. The molecule has 1 heterocycles. The van der Waals surface area contributed by atoms with Crippen LogP contribution in [0.15, 0.2) is 24.4 Å². The van der Waals surface area contributed by atoms with Crippen LogP contribution in [0, 0.1) is 0 Å². The number of pyridine rings is 1. The van der Waals surface area contributed by atoms with Crippen LogP contribution in [-0.4, -0.2) is 33.9 Å². The van der Waals surface area contributed by atoms with E-state index in [4.69, 9.17) is 0 Å². The van der Waals surface area contributed by atoms with Crippen LogP contribution in [0.1, 0.15) is 45.7 Å². The fourth-order valence-corrected chi connectivity index (χ4v) is 2.16. The van der Waals surface area contributed by atoms with E-state index in [0.29, 0.717) is 19.0 Å². The van der Waals surface area contributed by atoms with Gasteiger partial charge in [-0.25, -0.2) is 0 Å². The minimum absolute atomic E-state index is 0.0612. The summed E-state index contributed by atoms with van der Waals surface area (Å²) in [4.78, 5) is 18.7. The largest absolute Gasteiger partial charge is 0.334 e. The highest BCUT2D eigenvalue weighted by Gasteiger charge is 2.32. The summed E-state index contributed by atoms with van der Waals surface area (Å²) in [6, 6.07) is 6.29.